The highest BCUT2D eigenvalue weighted by molar-refractivity contribution is 7.99. The van der Waals surface area contributed by atoms with Crippen molar-refractivity contribution in [1.82, 2.24) is 14.8 Å². The van der Waals surface area contributed by atoms with E-state index in [9.17, 15) is 4.79 Å². The van der Waals surface area contributed by atoms with Crippen molar-refractivity contribution in [1.29, 1.82) is 0 Å². The van der Waals surface area contributed by atoms with Crippen molar-refractivity contribution in [3.05, 3.63) is 58.0 Å². The minimum atomic E-state index is -0.0356. The van der Waals surface area contributed by atoms with Gasteiger partial charge in [0.1, 0.15) is 6.33 Å². The number of anilines is 1. The van der Waals surface area contributed by atoms with Crippen LogP contribution >= 0.6 is 23.1 Å². The number of nitrogens with one attached hydrogen (secondary N) is 1. The zero-order valence-corrected chi connectivity index (χ0v) is 15.9. The molecule has 0 saturated heterocycles. The maximum atomic E-state index is 12.2. The summed E-state index contributed by atoms with van der Waals surface area (Å²) in [4.78, 5) is 13.6. The Hall–Kier alpha value is -2.12. The first-order valence-corrected chi connectivity index (χ1v) is 9.89. The van der Waals surface area contributed by atoms with Crippen molar-refractivity contribution in [3.8, 4) is 0 Å². The van der Waals surface area contributed by atoms with Crippen LogP contribution in [0.1, 0.15) is 16.0 Å². The van der Waals surface area contributed by atoms with Crippen molar-refractivity contribution in [2.24, 2.45) is 0 Å². The van der Waals surface area contributed by atoms with Gasteiger partial charge in [-0.25, -0.2) is 0 Å². The molecule has 2 aromatic heterocycles. The van der Waals surface area contributed by atoms with Crippen LogP contribution in [0.15, 0.2) is 47.2 Å². The third kappa shape index (κ3) is 4.70. The third-order valence-electron chi connectivity index (χ3n) is 3.97. The maximum Gasteiger partial charge on any atom is 0.234 e. The van der Waals surface area contributed by atoms with Gasteiger partial charge in [0.2, 0.25) is 5.91 Å². The Kier molecular flexibility index (Phi) is 5.88. The summed E-state index contributed by atoms with van der Waals surface area (Å²) in [5.74, 6) is 0.275. The van der Waals surface area contributed by atoms with E-state index in [0.717, 1.165) is 29.4 Å². The molecule has 0 aliphatic carbocycles. The van der Waals surface area contributed by atoms with Gasteiger partial charge in [0.25, 0.3) is 0 Å². The van der Waals surface area contributed by atoms with E-state index in [-0.39, 0.29) is 5.91 Å². The Balaban J connectivity index is 1.54. The number of thioether (sulfide) groups is 1. The first-order chi connectivity index (χ1) is 12.1. The minimum Gasteiger partial charge on any atom is -0.325 e. The Morgan fingerprint density at radius 1 is 1.28 bits per heavy atom. The number of aryl methyl sites for hydroxylation is 3. The number of hydrogen-bond acceptors (Lipinski definition) is 5. The molecule has 0 unspecified atom stereocenters. The van der Waals surface area contributed by atoms with Gasteiger partial charge in [0.05, 0.1) is 5.75 Å². The van der Waals surface area contributed by atoms with Crippen molar-refractivity contribution in [3.63, 3.8) is 0 Å². The fourth-order valence-electron chi connectivity index (χ4n) is 2.40. The summed E-state index contributed by atoms with van der Waals surface area (Å²) >= 11 is 3.16. The highest BCUT2D eigenvalue weighted by Crippen LogP contribution is 2.20. The summed E-state index contributed by atoms with van der Waals surface area (Å²) in [6.45, 7) is 4.86. The van der Waals surface area contributed by atoms with Gasteiger partial charge < -0.3 is 9.88 Å². The van der Waals surface area contributed by atoms with Gasteiger partial charge >= 0.3 is 0 Å². The van der Waals surface area contributed by atoms with Crippen molar-refractivity contribution >= 4 is 34.7 Å². The van der Waals surface area contributed by atoms with Gasteiger partial charge in [-0.2, -0.15) is 0 Å². The van der Waals surface area contributed by atoms with Crippen LogP contribution < -0.4 is 5.32 Å². The summed E-state index contributed by atoms with van der Waals surface area (Å²) < 4.78 is 2.00. The number of amides is 1. The molecule has 3 rings (SSSR count). The molecule has 7 heteroatoms. The second kappa shape index (κ2) is 8.31. The molecule has 0 aliphatic rings. The Morgan fingerprint density at radius 2 is 2.16 bits per heavy atom. The molecule has 0 atom stereocenters. The highest BCUT2D eigenvalue weighted by atomic mass is 32.2. The van der Waals surface area contributed by atoms with Crippen molar-refractivity contribution in [2.45, 2.75) is 32.0 Å². The third-order valence-corrected chi connectivity index (χ3v) is 5.89. The van der Waals surface area contributed by atoms with Crippen LogP contribution in [-0.4, -0.2) is 26.4 Å². The van der Waals surface area contributed by atoms with E-state index >= 15 is 0 Å². The molecule has 1 amide bonds. The lowest BCUT2D eigenvalue weighted by atomic mass is 10.1. The molecule has 0 fully saturated rings. The molecule has 0 bridgehead atoms. The Morgan fingerprint density at radius 3 is 2.96 bits per heavy atom. The van der Waals surface area contributed by atoms with E-state index in [4.69, 9.17) is 0 Å². The van der Waals surface area contributed by atoms with Gasteiger partial charge in [-0.1, -0.05) is 30.0 Å². The minimum absolute atomic E-state index is 0.0356. The molecule has 0 radical (unpaired) electrons. The summed E-state index contributed by atoms with van der Waals surface area (Å²) in [6, 6.07) is 10.1. The Labute approximate surface area is 155 Å². The molecule has 0 aliphatic heterocycles. The topological polar surface area (TPSA) is 59.8 Å². The normalized spacial score (nSPS) is 10.8. The van der Waals surface area contributed by atoms with E-state index in [0.29, 0.717) is 5.75 Å². The number of carbonyl (C=O) groups excluding carboxylic acids is 1. The summed E-state index contributed by atoms with van der Waals surface area (Å²) in [5.41, 5.74) is 3.13. The smallest absolute Gasteiger partial charge is 0.234 e. The van der Waals surface area contributed by atoms with Crippen molar-refractivity contribution in [2.75, 3.05) is 11.1 Å². The quantitative estimate of drug-likeness (QED) is 0.639. The first-order valence-electron chi connectivity index (χ1n) is 8.02. The number of hydrogen-bond donors (Lipinski definition) is 1. The van der Waals surface area contributed by atoms with Crippen LogP contribution in [-0.2, 0) is 17.8 Å². The van der Waals surface area contributed by atoms with Gasteiger partial charge in [0, 0.05) is 17.1 Å². The largest absolute Gasteiger partial charge is 0.325 e. The summed E-state index contributed by atoms with van der Waals surface area (Å²) in [6.07, 6.45) is 2.66. The van der Waals surface area contributed by atoms with Gasteiger partial charge in [0.15, 0.2) is 5.16 Å². The lowest BCUT2D eigenvalue weighted by Gasteiger charge is -2.10. The monoisotopic (exact) mass is 372 g/mol. The van der Waals surface area contributed by atoms with Crippen LogP contribution in [0.2, 0.25) is 0 Å². The average Bonchev–Trinajstić information content (AvgIpc) is 3.26. The number of benzene rings is 1. The molecule has 5 nitrogen and oxygen atoms in total. The molecule has 0 saturated carbocycles. The van der Waals surface area contributed by atoms with E-state index < -0.39 is 0 Å². The molecular weight excluding hydrogens is 352 g/mol. The van der Waals surface area contributed by atoms with Crippen LogP contribution in [0, 0.1) is 13.8 Å². The van der Waals surface area contributed by atoms with Crippen LogP contribution in [0.3, 0.4) is 0 Å². The standard InChI is InChI=1S/C18H20N4OS2/c1-13-5-3-7-16(14(13)2)20-17(23)11-25-18-21-19-12-22(18)9-8-15-6-4-10-24-15/h3-7,10,12H,8-9,11H2,1-2H3,(H,20,23). The SMILES string of the molecule is Cc1cccc(NC(=O)CSc2nncn2CCc2cccs2)c1C. The average molecular weight is 373 g/mol. The second-order valence-corrected chi connectivity index (χ2v) is 7.70. The lowest BCUT2D eigenvalue weighted by Crippen LogP contribution is -2.15. The zero-order valence-electron chi connectivity index (χ0n) is 14.2. The zero-order chi connectivity index (χ0) is 17.6. The van der Waals surface area contributed by atoms with E-state index in [2.05, 4.69) is 33.0 Å². The summed E-state index contributed by atoms with van der Waals surface area (Å²) in [5, 5.41) is 13.9. The predicted octanol–water partition coefficient (Wildman–Crippen LogP) is 3.93. The molecule has 1 N–H and O–H groups in total. The van der Waals surface area contributed by atoms with Gasteiger partial charge in [-0.05, 0) is 48.9 Å². The fourth-order valence-corrected chi connectivity index (χ4v) is 3.84. The molecule has 2 heterocycles. The van der Waals surface area contributed by atoms with E-state index in [1.54, 1.807) is 17.7 Å². The number of thiophene rings is 1. The number of carbonyl (C=O) groups is 1. The molecule has 0 spiro atoms. The molecular formula is C18H20N4OS2. The molecule has 25 heavy (non-hydrogen) atoms. The Bertz CT molecular complexity index is 843. The van der Waals surface area contributed by atoms with E-state index in [1.807, 2.05) is 36.6 Å². The predicted molar refractivity (Wildman–Crippen MR) is 103 cm³/mol. The molecule has 3 aromatic rings. The molecule has 1 aromatic carbocycles. The van der Waals surface area contributed by atoms with Crippen molar-refractivity contribution < 1.29 is 4.79 Å². The van der Waals surface area contributed by atoms with Gasteiger partial charge in [-0.3, -0.25) is 4.79 Å². The lowest BCUT2D eigenvalue weighted by molar-refractivity contribution is -0.113. The second-order valence-electron chi connectivity index (χ2n) is 5.72. The highest BCUT2D eigenvalue weighted by Gasteiger charge is 2.10. The molecule has 130 valence electrons. The van der Waals surface area contributed by atoms with Gasteiger partial charge in [-0.15, -0.1) is 21.5 Å². The van der Waals surface area contributed by atoms with Crippen LogP contribution in [0.5, 0.6) is 0 Å². The van der Waals surface area contributed by atoms with Crippen LogP contribution in [0.4, 0.5) is 5.69 Å². The van der Waals surface area contributed by atoms with Crippen LogP contribution in [0.25, 0.3) is 0 Å². The fraction of sp³-hybridized carbons (Fsp3) is 0.278. The number of rotatable bonds is 7. The van der Waals surface area contributed by atoms with E-state index in [1.165, 1.54) is 22.2 Å². The number of nitrogens with zero attached hydrogens (tertiary/aromatic N) is 3. The summed E-state index contributed by atoms with van der Waals surface area (Å²) in [7, 11) is 0. The maximum absolute atomic E-state index is 12.2. The first kappa shape index (κ1) is 17.7. The number of aromatic nitrogens is 3.